The summed E-state index contributed by atoms with van der Waals surface area (Å²) in [7, 11) is 2.16. The Kier molecular flexibility index (Phi) is 3.38. The highest BCUT2D eigenvalue weighted by atomic mass is 16.5. The lowest BCUT2D eigenvalue weighted by atomic mass is 10.1. The summed E-state index contributed by atoms with van der Waals surface area (Å²) in [4.78, 5) is 4.78. The molecule has 2 aliphatic rings. The third kappa shape index (κ3) is 2.08. The highest BCUT2D eigenvalue weighted by Crippen LogP contribution is 2.18. The molecule has 0 amide bonds. The van der Waals surface area contributed by atoms with Crippen LogP contribution in [-0.4, -0.2) is 73.5 Å². The molecule has 0 radical (unpaired) electrons. The van der Waals surface area contributed by atoms with E-state index in [2.05, 4.69) is 16.8 Å². The molecule has 0 aromatic heterocycles. The minimum Gasteiger partial charge on any atom is -0.395 e. The van der Waals surface area contributed by atoms with Crippen molar-refractivity contribution in [2.45, 2.75) is 18.5 Å². The fourth-order valence-electron chi connectivity index (χ4n) is 2.49. The number of likely N-dealkylation sites (N-methyl/N-ethyl adjacent to an activating group) is 1. The van der Waals surface area contributed by atoms with Gasteiger partial charge in [-0.2, -0.15) is 0 Å². The van der Waals surface area contributed by atoms with Gasteiger partial charge in [0.1, 0.15) is 0 Å². The number of nitrogens with zero attached hydrogens (tertiary/aromatic N) is 2. The largest absolute Gasteiger partial charge is 0.395 e. The van der Waals surface area contributed by atoms with Crippen LogP contribution in [0.25, 0.3) is 0 Å². The third-order valence-electron chi connectivity index (χ3n) is 3.32. The van der Waals surface area contributed by atoms with Crippen LogP contribution in [0.3, 0.4) is 0 Å². The molecule has 2 fully saturated rings. The number of hydrogen-bond acceptors (Lipinski definition) is 4. The number of morpholine rings is 1. The fraction of sp³-hybridized carbons (Fsp3) is 1.00. The highest BCUT2D eigenvalue weighted by molar-refractivity contribution is 4.87. The Bertz CT molecular complexity index is 189. The van der Waals surface area contributed by atoms with Crippen LogP contribution in [-0.2, 0) is 4.74 Å². The van der Waals surface area contributed by atoms with E-state index in [4.69, 9.17) is 4.74 Å². The monoisotopic (exact) mass is 200 g/mol. The molecule has 0 spiro atoms. The first-order valence-corrected chi connectivity index (χ1v) is 5.44. The summed E-state index contributed by atoms with van der Waals surface area (Å²) in [5.74, 6) is 0. The number of aliphatic hydroxyl groups excluding tert-OH is 1. The van der Waals surface area contributed by atoms with E-state index >= 15 is 0 Å². The van der Waals surface area contributed by atoms with Gasteiger partial charge < -0.3 is 14.7 Å². The predicted molar refractivity (Wildman–Crippen MR) is 54.3 cm³/mol. The molecule has 2 unspecified atom stereocenters. The van der Waals surface area contributed by atoms with Crippen molar-refractivity contribution >= 4 is 0 Å². The van der Waals surface area contributed by atoms with E-state index in [-0.39, 0.29) is 12.6 Å². The molecule has 2 heterocycles. The maximum Gasteiger partial charge on any atom is 0.0644 e. The number of likely N-dealkylation sites (tertiary alicyclic amines) is 1. The van der Waals surface area contributed by atoms with Gasteiger partial charge in [0.2, 0.25) is 0 Å². The van der Waals surface area contributed by atoms with Crippen LogP contribution in [0.15, 0.2) is 0 Å². The molecular weight excluding hydrogens is 180 g/mol. The van der Waals surface area contributed by atoms with E-state index in [1.807, 2.05) is 0 Å². The normalized spacial score (nSPS) is 36.4. The SMILES string of the molecule is CN1CCC(N2CCOCC2CO)C1. The number of ether oxygens (including phenoxy) is 1. The average Bonchev–Trinajstić information content (AvgIpc) is 2.65. The van der Waals surface area contributed by atoms with Gasteiger partial charge in [-0.1, -0.05) is 0 Å². The smallest absolute Gasteiger partial charge is 0.0644 e. The van der Waals surface area contributed by atoms with Gasteiger partial charge in [0.15, 0.2) is 0 Å². The maximum absolute atomic E-state index is 9.25. The minimum absolute atomic E-state index is 0.222. The summed E-state index contributed by atoms with van der Waals surface area (Å²) in [6, 6.07) is 0.848. The summed E-state index contributed by atoms with van der Waals surface area (Å²) in [6.45, 7) is 5.02. The first kappa shape index (κ1) is 10.4. The van der Waals surface area contributed by atoms with Crippen molar-refractivity contribution < 1.29 is 9.84 Å². The molecule has 1 N–H and O–H groups in total. The van der Waals surface area contributed by atoms with Crippen LogP contribution >= 0.6 is 0 Å². The quantitative estimate of drug-likeness (QED) is 0.645. The number of hydrogen-bond donors (Lipinski definition) is 1. The topological polar surface area (TPSA) is 35.9 Å². The minimum atomic E-state index is 0.222. The van der Waals surface area contributed by atoms with Gasteiger partial charge >= 0.3 is 0 Å². The van der Waals surface area contributed by atoms with E-state index in [1.165, 1.54) is 13.0 Å². The van der Waals surface area contributed by atoms with E-state index in [0.717, 1.165) is 19.7 Å². The van der Waals surface area contributed by atoms with E-state index in [9.17, 15) is 5.11 Å². The molecule has 0 bridgehead atoms. The summed E-state index contributed by atoms with van der Waals surface area (Å²) in [5.41, 5.74) is 0. The van der Waals surface area contributed by atoms with Crippen LogP contribution in [0.4, 0.5) is 0 Å². The van der Waals surface area contributed by atoms with Crippen molar-refractivity contribution in [2.24, 2.45) is 0 Å². The molecule has 82 valence electrons. The second-order valence-corrected chi connectivity index (χ2v) is 4.35. The first-order chi connectivity index (χ1) is 6.81. The van der Waals surface area contributed by atoms with Gasteiger partial charge in [-0.25, -0.2) is 0 Å². The van der Waals surface area contributed by atoms with E-state index in [1.54, 1.807) is 0 Å². The summed E-state index contributed by atoms with van der Waals surface area (Å²) in [6.07, 6.45) is 1.23. The second kappa shape index (κ2) is 4.57. The third-order valence-corrected chi connectivity index (χ3v) is 3.32. The first-order valence-electron chi connectivity index (χ1n) is 5.44. The van der Waals surface area contributed by atoms with Gasteiger partial charge in [0.05, 0.1) is 25.9 Å². The second-order valence-electron chi connectivity index (χ2n) is 4.35. The zero-order chi connectivity index (χ0) is 9.97. The van der Waals surface area contributed by atoms with Crippen molar-refractivity contribution in [3.8, 4) is 0 Å². The van der Waals surface area contributed by atoms with Gasteiger partial charge in [-0.15, -0.1) is 0 Å². The molecular formula is C10H20N2O2. The zero-order valence-electron chi connectivity index (χ0n) is 8.85. The lowest BCUT2D eigenvalue weighted by molar-refractivity contribution is -0.0449. The van der Waals surface area contributed by atoms with Crippen LogP contribution < -0.4 is 0 Å². The van der Waals surface area contributed by atoms with Crippen LogP contribution in [0.2, 0.25) is 0 Å². The van der Waals surface area contributed by atoms with Crippen molar-refractivity contribution in [3.63, 3.8) is 0 Å². The van der Waals surface area contributed by atoms with Crippen LogP contribution in [0, 0.1) is 0 Å². The molecule has 2 aliphatic heterocycles. The maximum atomic E-state index is 9.25. The molecule has 14 heavy (non-hydrogen) atoms. The standard InChI is InChI=1S/C10H20N2O2/c1-11-3-2-9(6-11)12-4-5-14-8-10(12)7-13/h9-10,13H,2-8H2,1H3. The Morgan fingerprint density at radius 1 is 1.43 bits per heavy atom. The Hall–Kier alpha value is -0.160. The predicted octanol–water partition coefficient (Wildman–Crippen LogP) is -0.616. The molecule has 4 nitrogen and oxygen atoms in total. The molecule has 0 aromatic carbocycles. The van der Waals surface area contributed by atoms with Crippen molar-refractivity contribution in [1.29, 1.82) is 0 Å². The van der Waals surface area contributed by atoms with Crippen LogP contribution in [0.5, 0.6) is 0 Å². The molecule has 0 aliphatic carbocycles. The van der Waals surface area contributed by atoms with Gasteiger partial charge in [0, 0.05) is 19.1 Å². The Labute approximate surface area is 85.4 Å². The lowest BCUT2D eigenvalue weighted by Gasteiger charge is -2.38. The number of rotatable bonds is 2. The van der Waals surface area contributed by atoms with Gasteiger partial charge in [0.25, 0.3) is 0 Å². The lowest BCUT2D eigenvalue weighted by Crippen LogP contribution is -2.53. The van der Waals surface area contributed by atoms with E-state index in [0.29, 0.717) is 12.6 Å². The summed E-state index contributed by atoms with van der Waals surface area (Å²) >= 11 is 0. The zero-order valence-corrected chi connectivity index (χ0v) is 8.85. The Morgan fingerprint density at radius 3 is 2.93 bits per heavy atom. The van der Waals surface area contributed by atoms with Crippen molar-refractivity contribution in [2.75, 3.05) is 46.5 Å². The molecule has 0 saturated carbocycles. The van der Waals surface area contributed by atoms with E-state index < -0.39 is 0 Å². The summed E-state index contributed by atoms with van der Waals surface area (Å²) < 4.78 is 5.37. The fourth-order valence-corrected chi connectivity index (χ4v) is 2.49. The van der Waals surface area contributed by atoms with Crippen molar-refractivity contribution in [1.82, 2.24) is 9.80 Å². The molecule has 2 saturated heterocycles. The number of aliphatic hydroxyl groups is 1. The highest BCUT2D eigenvalue weighted by Gasteiger charge is 2.32. The summed E-state index contributed by atoms with van der Waals surface area (Å²) in [5, 5.41) is 9.25. The Balaban J connectivity index is 1.93. The molecule has 0 aromatic rings. The molecule has 4 heteroatoms. The van der Waals surface area contributed by atoms with Crippen molar-refractivity contribution in [3.05, 3.63) is 0 Å². The molecule has 2 rings (SSSR count). The average molecular weight is 200 g/mol. The molecule has 2 atom stereocenters. The van der Waals surface area contributed by atoms with Gasteiger partial charge in [-0.3, -0.25) is 4.90 Å². The van der Waals surface area contributed by atoms with Crippen LogP contribution in [0.1, 0.15) is 6.42 Å². The van der Waals surface area contributed by atoms with Gasteiger partial charge in [-0.05, 0) is 20.0 Å². The Morgan fingerprint density at radius 2 is 2.29 bits per heavy atom.